The zero-order valence-corrected chi connectivity index (χ0v) is 18.4. The third-order valence-corrected chi connectivity index (χ3v) is 5.03. The minimum absolute atomic E-state index is 0.0454. The quantitative estimate of drug-likeness (QED) is 0.499. The van der Waals surface area contributed by atoms with Gasteiger partial charge in [-0.05, 0) is 48.2 Å². The Kier molecular flexibility index (Phi) is 9.46. The lowest BCUT2D eigenvalue weighted by Gasteiger charge is -2.19. The predicted octanol–water partition coefficient (Wildman–Crippen LogP) is 4.86. The third kappa shape index (κ3) is 7.07. The van der Waals surface area contributed by atoms with Gasteiger partial charge in [-0.2, -0.15) is 0 Å². The van der Waals surface area contributed by atoms with E-state index in [0.29, 0.717) is 17.8 Å². The fourth-order valence-electron chi connectivity index (χ4n) is 3.21. The van der Waals surface area contributed by atoms with E-state index >= 15 is 0 Å². The number of anilines is 1. The molecule has 0 aliphatic carbocycles. The van der Waals surface area contributed by atoms with Crippen LogP contribution in [0.25, 0.3) is 11.1 Å². The Bertz CT molecular complexity index is 888. The number of hydrogen-bond donors (Lipinski definition) is 2. The van der Waals surface area contributed by atoms with Gasteiger partial charge in [0.1, 0.15) is 5.82 Å². The smallest absolute Gasteiger partial charge is 0.333 e. The molecule has 6 nitrogen and oxygen atoms in total. The molecule has 7 heteroatoms. The molecule has 0 aliphatic heterocycles. The lowest BCUT2D eigenvalue weighted by atomic mass is 10.00. The summed E-state index contributed by atoms with van der Waals surface area (Å²) in [5, 5.41) is 12.1. The van der Waals surface area contributed by atoms with Gasteiger partial charge in [0, 0.05) is 32.3 Å². The monoisotopic (exact) mass is 430 g/mol. The summed E-state index contributed by atoms with van der Waals surface area (Å²) in [4.78, 5) is 25.2. The van der Waals surface area contributed by atoms with E-state index in [9.17, 15) is 19.1 Å². The Labute approximate surface area is 183 Å². The lowest BCUT2D eigenvalue weighted by molar-refractivity contribution is -0.150. The van der Waals surface area contributed by atoms with Crippen LogP contribution >= 0.6 is 0 Å². The maximum absolute atomic E-state index is 14.7. The number of aliphatic carboxylic acids is 1. The number of carbonyl (C=O) groups excluding carboxylic acids is 1. The van der Waals surface area contributed by atoms with E-state index in [1.807, 2.05) is 24.3 Å². The maximum atomic E-state index is 14.7. The molecule has 0 fully saturated rings. The number of urea groups is 1. The van der Waals surface area contributed by atoms with Crippen LogP contribution in [0.2, 0.25) is 0 Å². The molecule has 1 unspecified atom stereocenters. The first-order valence-electron chi connectivity index (χ1n) is 10.6. The molecule has 2 aromatic rings. The molecule has 2 N–H and O–H groups in total. The number of ether oxygens (including phenoxy) is 1. The standard InChI is InChI=1S/C24H31FN2O4/c1-4-6-7-13-26-24(30)27(3)20-10-8-9-17(14-20)18-11-12-19(21(25)15-18)16-22(23(28)29)31-5-2/h8-12,14-15,22H,4-7,13,16H2,1-3H3,(H,26,30)(H,28,29). The Hall–Kier alpha value is -2.93. The van der Waals surface area contributed by atoms with E-state index in [0.717, 1.165) is 24.8 Å². The van der Waals surface area contributed by atoms with Gasteiger partial charge in [0.15, 0.2) is 6.10 Å². The molecule has 0 aromatic heterocycles. The number of amides is 2. The first-order valence-corrected chi connectivity index (χ1v) is 10.6. The van der Waals surface area contributed by atoms with Crippen molar-refractivity contribution in [1.29, 1.82) is 0 Å². The van der Waals surface area contributed by atoms with Crippen LogP contribution in [0.4, 0.5) is 14.9 Å². The zero-order valence-electron chi connectivity index (χ0n) is 18.4. The number of unbranched alkanes of at least 4 members (excludes halogenated alkanes) is 2. The van der Waals surface area contributed by atoms with Crippen molar-refractivity contribution in [3.8, 4) is 11.1 Å². The first-order chi connectivity index (χ1) is 14.9. The number of carbonyl (C=O) groups is 2. The number of carboxylic acids is 1. The Morgan fingerprint density at radius 3 is 2.52 bits per heavy atom. The number of rotatable bonds is 11. The van der Waals surface area contributed by atoms with Crippen LogP contribution in [0.5, 0.6) is 0 Å². The number of nitrogens with one attached hydrogen (secondary N) is 1. The summed E-state index contributed by atoms with van der Waals surface area (Å²) in [6.07, 6.45) is 1.97. The molecule has 0 saturated carbocycles. The van der Waals surface area contributed by atoms with Gasteiger partial charge in [0.2, 0.25) is 0 Å². The average molecular weight is 431 g/mol. The molecular weight excluding hydrogens is 399 g/mol. The molecule has 0 saturated heterocycles. The normalized spacial score (nSPS) is 11.7. The summed E-state index contributed by atoms with van der Waals surface area (Å²) in [5.41, 5.74) is 2.37. The summed E-state index contributed by atoms with van der Waals surface area (Å²) < 4.78 is 19.8. The second kappa shape index (κ2) is 12.1. The second-order valence-corrected chi connectivity index (χ2v) is 7.34. The Balaban J connectivity index is 2.14. The van der Waals surface area contributed by atoms with Crippen molar-refractivity contribution >= 4 is 17.7 Å². The Morgan fingerprint density at radius 1 is 1.13 bits per heavy atom. The summed E-state index contributed by atoms with van der Waals surface area (Å²) in [7, 11) is 1.69. The molecular formula is C24H31FN2O4. The summed E-state index contributed by atoms with van der Waals surface area (Å²) >= 11 is 0. The molecule has 0 bridgehead atoms. The molecule has 2 aromatic carbocycles. The van der Waals surface area contributed by atoms with Gasteiger partial charge in [-0.15, -0.1) is 0 Å². The summed E-state index contributed by atoms with van der Waals surface area (Å²) in [6.45, 7) is 4.68. The van der Waals surface area contributed by atoms with Crippen molar-refractivity contribution in [2.75, 3.05) is 25.1 Å². The topological polar surface area (TPSA) is 78.9 Å². The maximum Gasteiger partial charge on any atom is 0.333 e. The molecule has 2 rings (SSSR count). The van der Waals surface area contributed by atoms with Gasteiger partial charge in [0.25, 0.3) is 0 Å². The number of hydrogen-bond acceptors (Lipinski definition) is 3. The van der Waals surface area contributed by atoms with Crippen LogP contribution in [0, 0.1) is 5.82 Å². The van der Waals surface area contributed by atoms with Crippen molar-refractivity contribution in [2.24, 2.45) is 0 Å². The molecule has 168 valence electrons. The first kappa shape index (κ1) is 24.3. The van der Waals surface area contributed by atoms with Crippen molar-refractivity contribution in [2.45, 2.75) is 45.6 Å². The SMILES string of the molecule is CCCCCNC(=O)N(C)c1cccc(-c2ccc(CC(OCC)C(=O)O)c(F)c2)c1. The van der Waals surface area contributed by atoms with Crippen LogP contribution in [-0.2, 0) is 16.0 Å². The molecule has 31 heavy (non-hydrogen) atoms. The number of carboxylic acid groups (broad SMARTS) is 1. The summed E-state index contributed by atoms with van der Waals surface area (Å²) in [5.74, 6) is -1.61. The lowest BCUT2D eigenvalue weighted by Crippen LogP contribution is -2.37. The largest absolute Gasteiger partial charge is 0.479 e. The highest BCUT2D eigenvalue weighted by atomic mass is 19.1. The third-order valence-electron chi connectivity index (χ3n) is 5.03. The predicted molar refractivity (Wildman–Crippen MR) is 120 cm³/mol. The van der Waals surface area contributed by atoms with E-state index in [1.165, 1.54) is 11.0 Å². The van der Waals surface area contributed by atoms with Gasteiger partial charge in [-0.1, -0.05) is 44.0 Å². The minimum Gasteiger partial charge on any atom is -0.479 e. The van der Waals surface area contributed by atoms with E-state index in [2.05, 4.69) is 12.2 Å². The minimum atomic E-state index is -1.12. The van der Waals surface area contributed by atoms with Crippen LogP contribution in [0.3, 0.4) is 0 Å². The number of halogens is 1. The highest BCUT2D eigenvalue weighted by molar-refractivity contribution is 5.92. The average Bonchev–Trinajstić information content (AvgIpc) is 2.76. The Morgan fingerprint density at radius 2 is 1.87 bits per heavy atom. The molecule has 0 aliphatic rings. The van der Waals surface area contributed by atoms with Gasteiger partial charge in [0.05, 0.1) is 0 Å². The van der Waals surface area contributed by atoms with Crippen LogP contribution < -0.4 is 10.2 Å². The van der Waals surface area contributed by atoms with Gasteiger partial charge in [-0.3, -0.25) is 4.90 Å². The molecule has 2 amide bonds. The van der Waals surface area contributed by atoms with Gasteiger partial charge >= 0.3 is 12.0 Å². The van der Waals surface area contributed by atoms with Gasteiger partial charge < -0.3 is 15.2 Å². The fraction of sp³-hybridized carbons (Fsp3) is 0.417. The molecule has 1 atom stereocenters. The van der Waals surface area contributed by atoms with Crippen molar-refractivity contribution in [3.05, 3.63) is 53.8 Å². The highest BCUT2D eigenvalue weighted by Gasteiger charge is 2.20. The number of benzene rings is 2. The van der Waals surface area contributed by atoms with E-state index < -0.39 is 17.9 Å². The molecule has 0 radical (unpaired) electrons. The zero-order chi connectivity index (χ0) is 22.8. The van der Waals surface area contributed by atoms with Crippen LogP contribution in [-0.4, -0.2) is 43.4 Å². The van der Waals surface area contributed by atoms with Crippen molar-refractivity contribution in [1.82, 2.24) is 5.32 Å². The van der Waals surface area contributed by atoms with Crippen LogP contribution in [0.15, 0.2) is 42.5 Å². The second-order valence-electron chi connectivity index (χ2n) is 7.34. The number of nitrogens with zero attached hydrogens (tertiary/aromatic N) is 1. The fourth-order valence-corrected chi connectivity index (χ4v) is 3.21. The highest BCUT2D eigenvalue weighted by Crippen LogP contribution is 2.26. The van der Waals surface area contributed by atoms with E-state index in [4.69, 9.17) is 4.74 Å². The van der Waals surface area contributed by atoms with Gasteiger partial charge in [-0.25, -0.2) is 14.0 Å². The van der Waals surface area contributed by atoms with Crippen molar-refractivity contribution < 1.29 is 23.8 Å². The van der Waals surface area contributed by atoms with Crippen LogP contribution in [0.1, 0.15) is 38.7 Å². The van der Waals surface area contributed by atoms with Crippen molar-refractivity contribution in [3.63, 3.8) is 0 Å². The van der Waals surface area contributed by atoms with E-state index in [-0.39, 0.29) is 24.6 Å². The summed E-state index contributed by atoms with van der Waals surface area (Å²) in [6, 6.07) is 11.8. The molecule has 0 heterocycles. The van der Waals surface area contributed by atoms with E-state index in [1.54, 1.807) is 26.1 Å². The molecule has 0 spiro atoms.